The normalized spacial score (nSPS) is 20.3. The Labute approximate surface area is 120 Å². The van der Waals surface area contributed by atoms with E-state index in [2.05, 4.69) is 28.6 Å². The van der Waals surface area contributed by atoms with Crippen molar-refractivity contribution in [3.05, 3.63) is 11.1 Å². The minimum Gasteiger partial charge on any atom is -0.375 e. The van der Waals surface area contributed by atoms with Gasteiger partial charge in [-0.2, -0.15) is 0 Å². The molecule has 0 spiro atoms. The van der Waals surface area contributed by atoms with Gasteiger partial charge in [-0.05, 0) is 19.5 Å². The van der Waals surface area contributed by atoms with E-state index in [1.807, 2.05) is 6.20 Å². The minimum atomic E-state index is 0. The van der Waals surface area contributed by atoms with E-state index in [-0.39, 0.29) is 12.4 Å². The summed E-state index contributed by atoms with van der Waals surface area (Å²) >= 11 is 1.61. The van der Waals surface area contributed by atoms with Crippen LogP contribution in [0.1, 0.15) is 25.1 Å². The number of nitrogens with zero attached hydrogens (tertiary/aromatic N) is 3. The van der Waals surface area contributed by atoms with Gasteiger partial charge in [0.15, 0.2) is 5.13 Å². The van der Waals surface area contributed by atoms with E-state index in [1.54, 1.807) is 11.3 Å². The van der Waals surface area contributed by atoms with E-state index in [0.717, 1.165) is 25.7 Å². The highest BCUT2D eigenvalue weighted by Gasteiger charge is 2.26. The number of likely N-dealkylation sites (tertiary alicyclic amines) is 1. The van der Waals surface area contributed by atoms with Crippen LogP contribution in [0.15, 0.2) is 6.20 Å². The van der Waals surface area contributed by atoms with Crippen LogP contribution in [-0.4, -0.2) is 47.0 Å². The van der Waals surface area contributed by atoms with Gasteiger partial charge in [-0.3, -0.25) is 9.80 Å². The summed E-state index contributed by atoms with van der Waals surface area (Å²) in [5, 5.41) is 0.680. The van der Waals surface area contributed by atoms with E-state index in [9.17, 15) is 0 Å². The maximum Gasteiger partial charge on any atom is 0.180 e. The van der Waals surface area contributed by atoms with Crippen LogP contribution in [0.2, 0.25) is 0 Å². The smallest absolute Gasteiger partial charge is 0.180 e. The number of nitrogens with two attached hydrogens (primary N) is 1. The Morgan fingerprint density at radius 1 is 1.50 bits per heavy atom. The molecule has 1 aliphatic rings. The third-order valence-electron chi connectivity index (χ3n) is 3.53. The van der Waals surface area contributed by atoms with Crippen molar-refractivity contribution in [2.24, 2.45) is 0 Å². The summed E-state index contributed by atoms with van der Waals surface area (Å²) in [5.41, 5.74) is 5.65. The number of halogens is 1. The Kier molecular flexibility index (Phi) is 6.35. The molecule has 104 valence electrons. The monoisotopic (exact) mass is 290 g/mol. The highest BCUT2D eigenvalue weighted by molar-refractivity contribution is 7.15. The SMILES string of the molecule is CCN(CC)C1CCN(Cc2cnc(N)s2)C1.Cl. The minimum absolute atomic E-state index is 0. The first-order valence-electron chi connectivity index (χ1n) is 6.39. The molecule has 0 saturated carbocycles. The number of anilines is 1. The predicted octanol–water partition coefficient (Wildman–Crippen LogP) is 2.06. The molecule has 1 aromatic rings. The maximum atomic E-state index is 5.65. The second-order valence-corrected chi connectivity index (χ2v) is 5.71. The van der Waals surface area contributed by atoms with Gasteiger partial charge in [-0.15, -0.1) is 23.7 Å². The molecule has 1 unspecified atom stereocenters. The van der Waals surface area contributed by atoms with E-state index in [4.69, 9.17) is 5.73 Å². The second kappa shape index (κ2) is 7.28. The van der Waals surface area contributed by atoms with Crippen molar-refractivity contribution >= 4 is 28.9 Å². The Hall–Kier alpha value is -0.360. The summed E-state index contributed by atoms with van der Waals surface area (Å²) in [7, 11) is 0. The molecule has 1 saturated heterocycles. The Bertz CT molecular complexity index is 354. The van der Waals surface area contributed by atoms with Gasteiger partial charge in [-0.25, -0.2) is 4.98 Å². The molecule has 0 radical (unpaired) electrons. The standard InChI is InChI=1S/C12H22N4S.ClH/c1-3-16(4-2)10-5-6-15(8-10)9-11-7-14-12(13)17-11;/h7,10H,3-6,8-9H2,1-2H3,(H2,13,14);1H. The molecule has 0 aromatic carbocycles. The number of thiazole rings is 1. The van der Waals surface area contributed by atoms with Crippen LogP contribution in [-0.2, 0) is 6.54 Å². The van der Waals surface area contributed by atoms with Crippen molar-refractivity contribution in [2.75, 3.05) is 31.9 Å². The zero-order valence-corrected chi connectivity index (χ0v) is 12.8. The molecule has 6 heteroatoms. The Balaban J connectivity index is 0.00000162. The molecule has 0 amide bonds. The molecule has 2 heterocycles. The van der Waals surface area contributed by atoms with Crippen molar-refractivity contribution in [1.82, 2.24) is 14.8 Å². The number of nitrogen functional groups attached to an aromatic ring is 1. The number of hydrogen-bond acceptors (Lipinski definition) is 5. The van der Waals surface area contributed by atoms with Crippen LogP contribution in [0, 0.1) is 0 Å². The molecule has 0 bridgehead atoms. The van der Waals surface area contributed by atoms with E-state index >= 15 is 0 Å². The zero-order valence-electron chi connectivity index (χ0n) is 11.1. The summed E-state index contributed by atoms with van der Waals surface area (Å²) in [6, 6.07) is 0.732. The van der Waals surface area contributed by atoms with Gasteiger partial charge in [0.2, 0.25) is 0 Å². The molecular formula is C12H23ClN4S. The largest absolute Gasteiger partial charge is 0.375 e. The van der Waals surface area contributed by atoms with Crippen LogP contribution in [0.5, 0.6) is 0 Å². The molecule has 2 N–H and O–H groups in total. The third-order valence-corrected chi connectivity index (χ3v) is 4.34. The zero-order chi connectivity index (χ0) is 12.3. The van der Waals surface area contributed by atoms with Crippen molar-refractivity contribution in [3.63, 3.8) is 0 Å². The first-order chi connectivity index (χ1) is 8.22. The molecule has 1 aliphatic heterocycles. The van der Waals surface area contributed by atoms with Crippen molar-refractivity contribution < 1.29 is 0 Å². The van der Waals surface area contributed by atoms with Gasteiger partial charge >= 0.3 is 0 Å². The molecule has 0 aliphatic carbocycles. The van der Waals surface area contributed by atoms with Gasteiger partial charge < -0.3 is 5.73 Å². The number of likely N-dealkylation sites (N-methyl/N-ethyl adjacent to an activating group) is 1. The fourth-order valence-corrected chi connectivity index (χ4v) is 3.34. The van der Waals surface area contributed by atoms with Crippen molar-refractivity contribution in [2.45, 2.75) is 32.9 Å². The fourth-order valence-electron chi connectivity index (χ4n) is 2.61. The summed E-state index contributed by atoms with van der Waals surface area (Å²) in [6.07, 6.45) is 3.20. The predicted molar refractivity (Wildman–Crippen MR) is 80.4 cm³/mol. The van der Waals surface area contributed by atoms with Crippen LogP contribution in [0.3, 0.4) is 0 Å². The average molecular weight is 291 g/mol. The molecule has 18 heavy (non-hydrogen) atoms. The molecule has 1 atom stereocenters. The topological polar surface area (TPSA) is 45.4 Å². The number of rotatable bonds is 5. The summed E-state index contributed by atoms with van der Waals surface area (Å²) in [4.78, 5) is 10.5. The van der Waals surface area contributed by atoms with Gasteiger partial charge in [0, 0.05) is 36.8 Å². The lowest BCUT2D eigenvalue weighted by molar-refractivity contribution is 0.209. The lowest BCUT2D eigenvalue weighted by Gasteiger charge is -2.26. The fraction of sp³-hybridized carbons (Fsp3) is 0.750. The molecule has 1 fully saturated rings. The maximum absolute atomic E-state index is 5.65. The van der Waals surface area contributed by atoms with E-state index in [1.165, 1.54) is 24.4 Å². The summed E-state index contributed by atoms with van der Waals surface area (Å²) in [5.74, 6) is 0. The Morgan fingerprint density at radius 3 is 2.78 bits per heavy atom. The third kappa shape index (κ3) is 3.82. The highest BCUT2D eigenvalue weighted by atomic mass is 35.5. The lowest BCUT2D eigenvalue weighted by atomic mass is 10.2. The molecule has 1 aromatic heterocycles. The van der Waals surface area contributed by atoms with Crippen LogP contribution in [0.4, 0.5) is 5.13 Å². The van der Waals surface area contributed by atoms with Crippen LogP contribution in [0.25, 0.3) is 0 Å². The molecular weight excluding hydrogens is 268 g/mol. The molecule has 2 rings (SSSR count). The highest BCUT2D eigenvalue weighted by Crippen LogP contribution is 2.21. The first kappa shape index (κ1) is 15.7. The van der Waals surface area contributed by atoms with Crippen molar-refractivity contribution in [3.8, 4) is 0 Å². The van der Waals surface area contributed by atoms with Gasteiger partial charge in [0.25, 0.3) is 0 Å². The number of hydrogen-bond donors (Lipinski definition) is 1. The summed E-state index contributed by atoms with van der Waals surface area (Å²) < 4.78 is 0. The summed E-state index contributed by atoms with van der Waals surface area (Å²) in [6.45, 7) is 10.2. The van der Waals surface area contributed by atoms with E-state index < -0.39 is 0 Å². The number of aromatic nitrogens is 1. The van der Waals surface area contributed by atoms with Gasteiger partial charge in [0.1, 0.15) is 0 Å². The van der Waals surface area contributed by atoms with Gasteiger partial charge in [-0.1, -0.05) is 13.8 Å². The van der Waals surface area contributed by atoms with Gasteiger partial charge in [0.05, 0.1) is 0 Å². The van der Waals surface area contributed by atoms with Crippen molar-refractivity contribution in [1.29, 1.82) is 0 Å². The first-order valence-corrected chi connectivity index (χ1v) is 7.21. The second-order valence-electron chi connectivity index (χ2n) is 4.56. The Morgan fingerprint density at radius 2 is 2.22 bits per heavy atom. The van der Waals surface area contributed by atoms with E-state index in [0.29, 0.717) is 5.13 Å². The lowest BCUT2D eigenvalue weighted by Crippen LogP contribution is -2.37. The average Bonchev–Trinajstić information content (AvgIpc) is 2.91. The molecule has 4 nitrogen and oxygen atoms in total. The van der Waals surface area contributed by atoms with Crippen LogP contribution < -0.4 is 5.73 Å². The van der Waals surface area contributed by atoms with Crippen LogP contribution >= 0.6 is 23.7 Å². The quantitative estimate of drug-likeness (QED) is 0.902.